The molecule has 4 nitrogen and oxygen atoms in total. The zero-order valence-electron chi connectivity index (χ0n) is 7.98. The molecule has 0 aliphatic heterocycles. The molecule has 0 fully saturated rings. The van der Waals surface area contributed by atoms with Gasteiger partial charge in [0.2, 0.25) is 0 Å². The first-order valence-corrected chi connectivity index (χ1v) is 5.03. The number of aromatic nitrogens is 1. The maximum Gasteiger partial charge on any atom is 0.268 e. The molecule has 1 amide bonds. The van der Waals surface area contributed by atoms with Gasteiger partial charge in [0.15, 0.2) is 0 Å². The summed E-state index contributed by atoms with van der Waals surface area (Å²) in [6.45, 7) is 4.13. The molecule has 1 rings (SSSR count). The summed E-state index contributed by atoms with van der Waals surface area (Å²) in [5.41, 5.74) is 0.763. The van der Waals surface area contributed by atoms with Crippen molar-refractivity contribution in [3.05, 3.63) is 32.2 Å². The van der Waals surface area contributed by atoms with Crippen LogP contribution in [0.1, 0.15) is 23.0 Å². The summed E-state index contributed by atoms with van der Waals surface area (Å²) in [4.78, 5) is 25.2. The average molecular weight is 259 g/mol. The van der Waals surface area contributed by atoms with Gasteiger partial charge in [0.05, 0.1) is 4.47 Å². The molecule has 5 heteroatoms. The van der Waals surface area contributed by atoms with Gasteiger partial charge in [0.1, 0.15) is 5.69 Å². The van der Waals surface area contributed by atoms with Crippen LogP contribution in [0.4, 0.5) is 0 Å². The SMILES string of the molecule is CCNC(=O)c1[nH]c(=O)c(Br)cc1C. The maximum atomic E-state index is 11.4. The summed E-state index contributed by atoms with van der Waals surface area (Å²) in [6.07, 6.45) is 0. The van der Waals surface area contributed by atoms with Gasteiger partial charge in [-0.1, -0.05) is 0 Å². The van der Waals surface area contributed by atoms with Crippen molar-refractivity contribution in [1.29, 1.82) is 0 Å². The molecule has 0 saturated heterocycles. The molecule has 0 aliphatic carbocycles. The van der Waals surface area contributed by atoms with Crippen LogP contribution in [-0.4, -0.2) is 17.4 Å². The van der Waals surface area contributed by atoms with Crippen molar-refractivity contribution >= 4 is 21.8 Å². The summed E-state index contributed by atoms with van der Waals surface area (Å²) in [6, 6.07) is 1.63. The van der Waals surface area contributed by atoms with Crippen LogP contribution in [0.3, 0.4) is 0 Å². The quantitative estimate of drug-likeness (QED) is 0.838. The van der Waals surface area contributed by atoms with Gasteiger partial charge in [-0.25, -0.2) is 0 Å². The van der Waals surface area contributed by atoms with Crippen LogP contribution in [0.15, 0.2) is 15.3 Å². The van der Waals surface area contributed by atoms with E-state index in [1.165, 1.54) is 0 Å². The second-order valence-electron chi connectivity index (χ2n) is 2.86. The molecular formula is C9H11BrN2O2. The Labute approximate surface area is 89.9 Å². The predicted molar refractivity (Wildman–Crippen MR) is 57.5 cm³/mol. The van der Waals surface area contributed by atoms with E-state index in [1.54, 1.807) is 13.0 Å². The number of hydrogen-bond acceptors (Lipinski definition) is 2. The largest absolute Gasteiger partial charge is 0.351 e. The third kappa shape index (κ3) is 2.23. The van der Waals surface area contributed by atoms with Crippen LogP contribution < -0.4 is 10.9 Å². The second-order valence-corrected chi connectivity index (χ2v) is 3.72. The number of halogens is 1. The Bertz CT molecular complexity index is 412. The van der Waals surface area contributed by atoms with Crippen LogP contribution in [0.5, 0.6) is 0 Å². The number of hydrogen-bond donors (Lipinski definition) is 2. The van der Waals surface area contributed by atoms with Crippen molar-refractivity contribution in [2.45, 2.75) is 13.8 Å². The first-order valence-electron chi connectivity index (χ1n) is 4.24. The van der Waals surface area contributed by atoms with E-state index in [2.05, 4.69) is 26.2 Å². The molecule has 0 atom stereocenters. The molecule has 0 bridgehead atoms. The lowest BCUT2D eigenvalue weighted by Gasteiger charge is -2.05. The van der Waals surface area contributed by atoms with Crippen LogP contribution in [0, 0.1) is 6.92 Å². The van der Waals surface area contributed by atoms with Gasteiger partial charge in [-0.2, -0.15) is 0 Å². The highest BCUT2D eigenvalue weighted by Gasteiger charge is 2.10. The first kappa shape index (κ1) is 11.0. The van der Waals surface area contributed by atoms with Crippen molar-refractivity contribution < 1.29 is 4.79 Å². The molecule has 0 saturated carbocycles. The number of nitrogens with one attached hydrogen (secondary N) is 2. The molecule has 2 N–H and O–H groups in total. The van der Waals surface area contributed by atoms with Crippen LogP contribution in [-0.2, 0) is 0 Å². The normalized spacial score (nSPS) is 9.93. The minimum absolute atomic E-state index is 0.255. The topological polar surface area (TPSA) is 62.0 Å². The molecular weight excluding hydrogens is 248 g/mol. The Kier molecular flexibility index (Phi) is 3.46. The number of aromatic amines is 1. The van der Waals surface area contributed by atoms with E-state index in [9.17, 15) is 9.59 Å². The number of rotatable bonds is 2. The highest BCUT2D eigenvalue weighted by atomic mass is 79.9. The van der Waals surface area contributed by atoms with E-state index in [1.807, 2.05) is 6.92 Å². The van der Waals surface area contributed by atoms with E-state index in [0.29, 0.717) is 16.7 Å². The Morgan fingerprint density at radius 2 is 2.29 bits per heavy atom. The van der Waals surface area contributed by atoms with Crippen LogP contribution in [0.2, 0.25) is 0 Å². The Morgan fingerprint density at radius 3 is 2.86 bits per heavy atom. The third-order valence-electron chi connectivity index (χ3n) is 1.76. The summed E-state index contributed by atoms with van der Waals surface area (Å²) in [5.74, 6) is -0.255. The fourth-order valence-corrected chi connectivity index (χ4v) is 1.53. The van der Waals surface area contributed by atoms with Gasteiger partial charge >= 0.3 is 0 Å². The Balaban J connectivity index is 3.16. The highest BCUT2D eigenvalue weighted by molar-refractivity contribution is 9.10. The minimum Gasteiger partial charge on any atom is -0.351 e. The van der Waals surface area contributed by atoms with Gasteiger partial charge in [0, 0.05) is 6.54 Å². The molecule has 14 heavy (non-hydrogen) atoms. The van der Waals surface area contributed by atoms with Crippen molar-refractivity contribution in [2.24, 2.45) is 0 Å². The van der Waals surface area contributed by atoms with Crippen molar-refractivity contribution in [3.8, 4) is 0 Å². The van der Waals surface area contributed by atoms with Crippen LogP contribution in [0.25, 0.3) is 0 Å². The summed E-state index contributed by atoms with van der Waals surface area (Å²) in [5, 5.41) is 2.62. The number of carbonyl (C=O) groups excluding carboxylic acids is 1. The zero-order chi connectivity index (χ0) is 10.7. The summed E-state index contributed by atoms with van der Waals surface area (Å²) >= 11 is 3.09. The number of carbonyl (C=O) groups is 1. The maximum absolute atomic E-state index is 11.4. The molecule has 76 valence electrons. The van der Waals surface area contributed by atoms with Gasteiger partial charge in [-0.3, -0.25) is 9.59 Å². The lowest BCUT2D eigenvalue weighted by molar-refractivity contribution is 0.0950. The molecule has 0 unspecified atom stereocenters. The third-order valence-corrected chi connectivity index (χ3v) is 2.35. The lowest BCUT2D eigenvalue weighted by Crippen LogP contribution is -2.27. The predicted octanol–water partition coefficient (Wildman–Crippen LogP) is 1.20. The van der Waals surface area contributed by atoms with E-state index in [0.717, 1.165) is 5.56 Å². The van der Waals surface area contributed by atoms with Crippen molar-refractivity contribution in [2.75, 3.05) is 6.54 Å². The Morgan fingerprint density at radius 1 is 1.64 bits per heavy atom. The van der Waals surface area contributed by atoms with Gasteiger partial charge < -0.3 is 10.3 Å². The number of pyridine rings is 1. The minimum atomic E-state index is -0.295. The molecule has 0 aromatic carbocycles. The molecule has 0 aliphatic rings. The lowest BCUT2D eigenvalue weighted by atomic mass is 10.2. The number of amides is 1. The second kappa shape index (κ2) is 4.41. The van der Waals surface area contributed by atoms with E-state index in [-0.39, 0.29) is 11.5 Å². The standard InChI is InChI=1S/C9H11BrN2O2/c1-3-11-9(14)7-5(2)4-6(10)8(13)12-7/h4H,3H2,1-2H3,(H,11,14)(H,12,13). The van der Waals surface area contributed by atoms with Gasteiger partial charge in [0.25, 0.3) is 11.5 Å². The summed E-state index contributed by atoms with van der Waals surface area (Å²) in [7, 11) is 0. The first-order chi connectivity index (χ1) is 6.56. The average Bonchev–Trinajstić information content (AvgIpc) is 2.11. The van der Waals surface area contributed by atoms with Crippen molar-refractivity contribution in [1.82, 2.24) is 10.3 Å². The summed E-state index contributed by atoms with van der Waals surface area (Å²) < 4.78 is 0.433. The fraction of sp³-hybridized carbons (Fsp3) is 0.333. The van der Waals surface area contributed by atoms with E-state index >= 15 is 0 Å². The van der Waals surface area contributed by atoms with Gasteiger partial charge in [-0.05, 0) is 41.4 Å². The van der Waals surface area contributed by atoms with Crippen molar-refractivity contribution in [3.63, 3.8) is 0 Å². The monoisotopic (exact) mass is 258 g/mol. The van der Waals surface area contributed by atoms with E-state index in [4.69, 9.17) is 0 Å². The molecule has 0 spiro atoms. The van der Waals surface area contributed by atoms with E-state index < -0.39 is 0 Å². The zero-order valence-corrected chi connectivity index (χ0v) is 9.56. The molecule has 0 radical (unpaired) electrons. The number of H-pyrrole nitrogens is 1. The molecule has 1 heterocycles. The van der Waals surface area contributed by atoms with Gasteiger partial charge in [-0.15, -0.1) is 0 Å². The fourth-order valence-electron chi connectivity index (χ4n) is 1.08. The number of aryl methyl sites for hydroxylation is 1. The molecule has 1 aromatic rings. The van der Waals surface area contributed by atoms with Crippen LogP contribution >= 0.6 is 15.9 Å². The molecule has 1 aromatic heterocycles. The smallest absolute Gasteiger partial charge is 0.268 e. The highest BCUT2D eigenvalue weighted by Crippen LogP contribution is 2.08. The Hall–Kier alpha value is -1.10.